The molecule has 0 atom stereocenters. The van der Waals surface area contributed by atoms with E-state index in [9.17, 15) is 13.2 Å². The molecule has 0 aromatic heterocycles. The summed E-state index contributed by atoms with van der Waals surface area (Å²) in [7, 11) is 0. The average Bonchev–Trinajstić information content (AvgIpc) is 2.24. The molecule has 0 bridgehead atoms. The lowest BCUT2D eigenvalue weighted by atomic mass is 10.2. The van der Waals surface area contributed by atoms with Crippen LogP contribution in [0.4, 0.5) is 13.2 Å². The first kappa shape index (κ1) is 14.5. The molecule has 0 N–H and O–H groups in total. The van der Waals surface area contributed by atoms with E-state index in [0.29, 0.717) is 16.7 Å². The van der Waals surface area contributed by atoms with Gasteiger partial charge in [0.2, 0.25) is 0 Å². The fourth-order valence-electron chi connectivity index (χ4n) is 1.20. The van der Waals surface area contributed by atoms with Crippen LogP contribution in [-0.4, -0.2) is 12.8 Å². The number of hydrogen-bond acceptors (Lipinski definition) is 1. The third-order valence-electron chi connectivity index (χ3n) is 2.01. The van der Waals surface area contributed by atoms with Crippen molar-refractivity contribution in [2.75, 3.05) is 6.61 Å². The molecule has 1 rings (SSSR count). The lowest BCUT2D eigenvalue weighted by molar-refractivity contribution is -0.136. The van der Waals surface area contributed by atoms with Gasteiger partial charge in [0.25, 0.3) is 0 Å². The zero-order valence-corrected chi connectivity index (χ0v) is 10.4. The van der Waals surface area contributed by atoms with E-state index in [4.69, 9.17) is 27.9 Å². The number of hydrogen-bond donors (Lipinski definition) is 0. The molecule has 0 radical (unpaired) electrons. The second-order valence-electron chi connectivity index (χ2n) is 3.47. The Morgan fingerprint density at radius 1 is 1.24 bits per heavy atom. The predicted octanol–water partition coefficient (Wildman–Crippen LogP) is 4.80. The minimum atomic E-state index is -4.14. The molecule has 1 aromatic carbocycles. The van der Waals surface area contributed by atoms with Crippen molar-refractivity contribution in [3.8, 4) is 5.75 Å². The predicted molar refractivity (Wildman–Crippen MR) is 61.8 cm³/mol. The summed E-state index contributed by atoms with van der Waals surface area (Å²) >= 11 is 11.5. The minimum Gasteiger partial charge on any atom is -0.492 e. The molecular weight excluding hydrogens is 276 g/mol. The van der Waals surface area contributed by atoms with Crippen LogP contribution in [-0.2, 0) is 5.88 Å². The van der Waals surface area contributed by atoms with Gasteiger partial charge in [0.1, 0.15) is 5.75 Å². The number of ether oxygens (including phenoxy) is 1. The first-order chi connectivity index (χ1) is 7.92. The van der Waals surface area contributed by atoms with Gasteiger partial charge in [0, 0.05) is 12.3 Å². The third-order valence-corrected chi connectivity index (χ3v) is 2.62. The van der Waals surface area contributed by atoms with E-state index in [1.807, 2.05) is 0 Å². The monoisotopic (exact) mass is 286 g/mol. The Hall–Kier alpha value is -0.610. The largest absolute Gasteiger partial charge is 0.492 e. The summed E-state index contributed by atoms with van der Waals surface area (Å²) in [6, 6.07) is 4.96. The summed E-state index contributed by atoms with van der Waals surface area (Å²) in [6.07, 6.45) is -5.09. The summed E-state index contributed by atoms with van der Waals surface area (Å²) in [5.41, 5.74) is 0.833. The van der Waals surface area contributed by atoms with E-state index < -0.39 is 12.6 Å². The maximum atomic E-state index is 11.9. The van der Waals surface area contributed by atoms with E-state index in [1.165, 1.54) is 0 Å². The zero-order chi connectivity index (χ0) is 12.9. The lowest BCUT2D eigenvalue weighted by Crippen LogP contribution is -2.09. The van der Waals surface area contributed by atoms with Crippen LogP contribution in [0.5, 0.6) is 5.75 Å². The fraction of sp³-hybridized carbons (Fsp3) is 0.455. The van der Waals surface area contributed by atoms with Gasteiger partial charge in [0.15, 0.2) is 0 Å². The Morgan fingerprint density at radius 3 is 2.47 bits per heavy atom. The van der Waals surface area contributed by atoms with Crippen LogP contribution in [0.2, 0.25) is 5.02 Å². The van der Waals surface area contributed by atoms with Crippen LogP contribution in [0, 0.1) is 0 Å². The second kappa shape index (κ2) is 6.36. The maximum absolute atomic E-state index is 11.9. The first-order valence-corrected chi connectivity index (χ1v) is 5.87. The minimum absolute atomic E-state index is 0.0144. The van der Waals surface area contributed by atoms with Crippen LogP contribution < -0.4 is 4.74 Å². The fourth-order valence-corrected chi connectivity index (χ4v) is 1.62. The van der Waals surface area contributed by atoms with Gasteiger partial charge in [-0.2, -0.15) is 13.2 Å². The van der Waals surface area contributed by atoms with Crippen LogP contribution in [0.1, 0.15) is 18.4 Å². The van der Waals surface area contributed by atoms with Gasteiger partial charge in [-0.25, -0.2) is 0 Å². The summed E-state index contributed by atoms with van der Waals surface area (Å²) in [6.45, 7) is -0.0144. The average molecular weight is 287 g/mol. The Bertz CT molecular complexity index is 366. The molecule has 0 aliphatic carbocycles. The van der Waals surface area contributed by atoms with Gasteiger partial charge in [-0.1, -0.05) is 17.7 Å². The van der Waals surface area contributed by atoms with Crippen molar-refractivity contribution in [1.82, 2.24) is 0 Å². The van der Waals surface area contributed by atoms with E-state index in [-0.39, 0.29) is 13.0 Å². The highest BCUT2D eigenvalue weighted by Crippen LogP contribution is 2.27. The summed E-state index contributed by atoms with van der Waals surface area (Å²) < 4.78 is 40.7. The highest BCUT2D eigenvalue weighted by atomic mass is 35.5. The Balaban J connectivity index is 2.42. The Morgan fingerprint density at radius 2 is 1.94 bits per heavy atom. The molecule has 96 valence electrons. The molecule has 0 saturated heterocycles. The van der Waals surface area contributed by atoms with E-state index >= 15 is 0 Å². The molecule has 6 heteroatoms. The van der Waals surface area contributed by atoms with Crippen molar-refractivity contribution >= 4 is 23.2 Å². The number of halogens is 5. The second-order valence-corrected chi connectivity index (χ2v) is 4.14. The Kier molecular flexibility index (Phi) is 5.40. The standard InChI is InChI=1S/C11H11Cl2F3O/c12-7-8-2-3-10(9(13)6-8)17-5-1-4-11(14,15)16/h2-3,6H,1,4-5,7H2. The quantitative estimate of drug-likeness (QED) is 0.558. The number of benzene rings is 1. The third kappa shape index (κ3) is 5.50. The Labute approximate surface area is 107 Å². The first-order valence-electron chi connectivity index (χ1n) is 4.96. The van der Waals surface area contributed by atoms with Crippen molar-refractivity contribution in [1.29, 1.82) is 0 Å². The molecule has 0 heterocycles. The summed E-state index contributed by atoms with van der Waals surface area (Å²) in [5, 5.41) is 0.357. The molecule has 0 spiro atoms. The van der Waals surface area contributed by atoms with E-state index in [2.05, 4.69) is 0 Å². The molecule has 0 unspecified atom stereocenters. The molecule has 1 nitrogen and oxygen atoms in total. The number of alkyl halides is 4. The van der Waals surface area contributed by atoms with Crippen LogP contribution in [0.25, 0.3) is 0 Å². The molecule has 0 saturated carbocycles. The highest BCUT2D eigenvalue weighted by Gasteiger charge is 2.26. The SMILES string of the molecule is FC(F)(F)CCCOc1ccc(CCl)cc1Cl. The molecule has 17 heavy (non-hydrogen) atoms. The van der Waals surface area contributed by atoms with Gasteiger partial charge >= 0.3 is 6.18 Å². The van der Waals surface area contributed by atoms with Crippen LogP contribution >= 0.6 is 23.2 Å². The topological polar surface area (TPSA) is 9.23 Å². The van der Waals surface area contributed by atoms with E-state index in [1.54, 1.807) is 18.2 Å². The van der Waals surface area contributed by atoms with Gasteiger partial charge in [-0.15, -0.1) is 11.6 Å². The smallest absolute Gasteiger partial charge is 0.389 e. The van der Waals surface area contributed by atoms with Gasteiger partial charge in [0.05, 0.1) is 11.6 Å². The van der Waals surface area contributed by atoms with Crippen molar-refractivity contribution in [2.24, 2.45) is 0 Å². The van der Waals surface area contributed by atoms with Gasteiger partial charge in [-0.05, 0) is 24.1 Å². The molecule has 0 aliphatic rings. The summed E-state index contributed by atoms with van der Waals surface area (Å²) in [4.78, 5) is 0. The van der Waals surface area contributed by atoms with E-state index in [0.717, 1.165) is 5.56 Å². The van der Waals surface area contributed by atoms with Crippen LogP contribution in [0.3, 0.4) is 0 Å². The van der Waals surface area contributed by atoms with Gasteiger partial charge in [-0.3, -0.25) is 0 Å². The van der Waals surface area contributed by atoms with Crippen molar-refractivity contribution in [3.05, 3.63) is 28.8 Å². The van der Waals surface area contributed by atoms with Crippen molar-refractivity contribution in [2.45, 2.75) is 24.9 Å². The molecular formula is C11H11Cl2F3O. The molecule has 0 aliphatic heterocycles. The molecule has 0 amide bonds. The van der Waals surface area contributed by atoms with Crippen molar-refractivity contribution < 1.29 is 17.9 Å². The maximum Gasteiger partial charge on any atom is 0.389 e. The molecule has 1 aromatic rings. The highest BCUT2D eigenvalue weighted by molar-refractivity contribution is 6.32. The van der Waals surface area contributed by atoms with Crippen LogP contribution in [0.15, 0.2) is 18.2 Å². The lowest BCUT2D eigenvalue weighted by Gasteiger charge is -2.10. The van der Waals surface area contributed by atoms with Crippen molar-refractivity contribution in [3.63, 3.8) is 0 Å². The summed E-state index contributed by atoms with van der Waals surface area (Å²) in [5.74, 6) is 0.705. The number of rotatable bonds is 5. The zero-order valence-electron chi connectivity index (χ0n) is 8.86. The normalized spacial score (nSPS) is 11.6. The van der Waals surface area contributed by atoms with Gasteiger partial charge < -0.3 is 4.74 Å². The molecule has 0 fully saturated rings.